The van der Waals surface area contributed by atoms with Gasteiger partial charge in [-0.2, -0.15) is 0 Å². The van der Waals surface area contributed by atoms with Gasteiger partial charge in [-0.3, -0.25) is 4.79 Å². The third kappa shape index (κ3) is 5.44. The highest BCUT2D eigenvalue weighted by Gasteiger charge is 2.37. The summed E-state index contributed by atoms with van der Waals surface area (Å²) >= 11 is 0. The van der Waals surface area contributed by atoms with Crippen molar-refractivity contribution in [2.45, 2.75) is 96.9 Å². The molecule has 0 aromatic heterocycles. The molecule has 1 saturated heterocycles. The van der Waals surface area contributed by atoms with Crippen molar-refractivity contribution in [2.24, 2.45) is 5.92 Å². The minimum Gasteiger partial charge on any atom is -0.338 e. The molecular formula is C24H40N2O3S. The quantitative estimate of drug-likeness (QED) is 0.655. The summed E-state index contributed by atoms with van der Waals surface area (Å²) in [6, 6.07) is 4.10. The second kappa shape index (κ2) is 8.99. The maximum atomic E-state index is 13.5. The van der Waals surface area contributed by atoms with Crippen molar-refractivity contribution in [2.75, 3.05) is 13.1 Å². The summed E-state index contributed by atoms with van der Waals surface area (Å²) in [4.78, 5) is 14.6. The molecule has 1 amide bonds. The lowest BCUT2D eigenvalue weighted by Crippen LogP contribution is -2.42. The molecule has 1 aliphatic rings. The van der Waals surface area contributed by atoms with Crippen molar-refractivity contribution in [1.29, 1.82) is 0 Å². The first-order valence-electron chi connectivity index (χ1n) is 11.1. The molecule has 0 spiro atoms. The Kier molecular flexibility index (Phi) is 7.45. The Balaban J connectivity index is 2.37. The molecule has 1 aromatic carbocycles. The van der Waals surface area contributed by atoms with E-state index in [0.29, 0.717) is 23.8 Å². The van der Waals surface area contributed by atoms with Gasteiger partial charge in [0.15, 0.2) is 0 Å². The third-order valence-corrected chi connectivity index (χ3v) is 7.48. The Hall–Kier alpha value is -1.40. The molecule has 1 unspecified atom stereocenters. The smallest absolute Gasteiger partial charge is 0.241 e. The lowest BCUT2D eigenvalue weighted by Gasteiger charge is -2.32. The number of hydrogen-bond acceptors (Lipinski definition) is 3. The number of carbonyl (C=O) groups is 1. The topological polar surface area (TPSA) is 66.5 Å². The summed E-state index contributed by atoms with van der Waals surface area (Å²) in [6.07, 6.45) is 0.389. The van der Waals surface area contributed by atoms with Crippen LogP contribution >= 0.6 is 0 Å². The molecule has 0 aliphatic carbocycles. The summed E-state index contributed by atoms with van der Waals surface area (Å²) in [5, 5.41) is 0. The zero-order valence-electron chi connectivity index (χ0n) is 20.2. The fourth-order valence-corrected chi connectivity index (χ4v) is 5.88. The molecule has 2 rings (SSSR count). The summed E-state index contributed by atoms with van der Waals surface area (Å²) in [5.41, 5.74) is 2.67. The molecule has 0 saturated carbocycles. The third-order valence-electron chi connectivity index (χ3n) is 5.93. The monoisotopic (exact) mass is 436 g/mol. The Morgan fingerprint density at radius 3 is 1.87 bits per heavy atom. The van der Waals surface area contributed by atoms with E-state index >= 15 is 0 Å². The molecule has 170 valence electrons. The molecule has 1 atom stereocenters. The highest BCUT2D eigenvalue weighted by molar-refractivity contribution is 7.89. The van der Waals surface area contributed by atoms with Crippen LogP contribution in [0.3, 0.4) is 0 Å². The number of sulfonamides is 1. The van der Waals surface area contributed by atoms with Crippen molar-refractivity contribution < 1.29 is 13.2 Å². The zero-order valence-corrected chi connectivity index (χ0v) is 21.0. The van der Waals surface area contributed by atoms with Crippen LogP contribution in [0.15, 0.2) is 17.0 Å². The van der Waals surface area contributed by atoms with Crippen molar-refractivity contribution >= 4 is 15.9 Å². The molecule has 6 heteroatoms. The largest absolute Gasteiger partial charge is 0.338 e. The molecule has 5 nitrogen and oxygen atoms in total. The average Bonchev–Trinajstić information content (AvgIpc) is 3.00. The summed E-state index contributed by atoms with van der Waals surface area (Å²) in [6.45, 7) is 19.3. The van der Waals surface area contributed by atoms with Gasteiger partial charge >= 0.3 is 0 Å². The second-order valence-electron chi connectivity index (χ2n) is 10.6. The Morgan fingerprint density at radius 2 is 1.50 bits per heavy atom. The van der Waals surface area contributed by atoms with Gasteiger partial charge in [-0.15, -0.1) is 0 Å². The minimum absolute atomic E-state index is 0.00793. The first-order chi connectivity index (χ1) is 13.6. The molecular weight excluding hydrogens is 396 g/mol. The molecule has 1 aromatic rings. The van der Waals surface area contributed by atoms with Crippen molar-refractivity contribution in [3.63, 3.8) is 0 Å². The maximum Gasteiger partial charge on any atom is 0.241 e. The van der Waals surface area contributed by atoms with Crippen LogP contribution in [0.25, 0.3) is 0 Å². The number of carbonyl (C=O) groups excluding carboxylic acids is 1. The molecule has 1 aliphatic heterocycles. The number of amides is 1. The predicted molar refractivity (Wildman–Crippen MR) is 123 cm³/mol. The van der Waals surface area contributed by atoms with Gasteiger partial charge in [-0.05, 0) is 61.1 Å². The molecule has 1 N–H and O–H groups in total. The van der Waals surface area contributed by atoms with Crippen LogP contribution in [-0.4, -0.2) is 37.9 Å². The van der Waals surface area contributed by atoms with E-state index < -0.39 is 10.0 Å². The lowest BCUT2D eigenvalue weighted by atomic mass is 9.89. The zero-order chi connectivity index (χ0) is 23.0. The molecule has 0 radical (unpaired) electrons. The SMILES string of the molecule is CC(C)c1cc(C(C)C)c(S(=O)(=O)NCC2CC(=O)N(C(C)(C)C)C2)c(C(C)C)c1. The van der Waals surface area contributed by atoms with Gasteiger partial charge in [0.2, 0.25) is 15.9 Å². The minimum atomic E-state index is -3.69. The fraction of sp³-hybridized carbons (Fsp3) is 0.708. The molecule has 1 heterocycles. The summed E-state index contributed by atoms with van der Waals surface area (Å²) < 4.78 is 29.8. The van der Waals surface area contributed by atoms with Crippen molar-refractivity contribution in [1.82, 2.24) is 9.62 Å². The standard InChI is InChI=1S/C24H40N2O3S/c1-15(2)19-11-20(16(3)4)23(21(12-19)17(5)6)30(28,29)25-13-18-10-22(27)26(14-18)24(7,8)9/h11-12,15-18,25H,10,13-14H2,1-9H3. The van der Waals surface area contributed by atoms with Crippen LogP contribution in [0.5, 0.6) is 0 Å². The van der Waals surface area contributed by atoms with Gasteiger partial charge in [0.25, 0.3) is 0 Å². The summed E-state index contributed by atoms with van der Waals surface area (Å²) in [7, 11) is -3.69. The molecule has 1 fully saturated rings. The Morgan fingerprint density at radius 1 is 1.00 bits per heavy atom. The van der Waals surface area contributed by atoms with E-state index in [4.69, 9.17) is 0 Å². The van der Waals surface area contributed by atoms with E-state index in [1.165, 1.54) is 5.56 Å². The van der Waals surface area contributed by atoms with Crippen molar-refractivity contribution in [3.05, 3.63) is 28.8 Å². The van der Waals surface area contributed by atoms with Gasteiger partial charge in [0.05, 0.1) is 4.90 Å². The van der Waals surface area contributed by atoms with E-state index in [0.717, 1.165) is 11.1 Å². The first kappa shape index (κ1) is 24.9. The van der Waals surface area contributed by atoms with E-state index in [1.54, 1.807) is 0 Å². The first-order valence-corrected chi connectivity index (χ1v) is 12.6. The van der Waals surface area contributed by atoms with E-state index in [2.05, 4.69) is 30.7 Å². The van der Waals surface area contributed by atoms with Gasteiger partial charge in [-0.1, -0.05) is 53.7 Å². The van der Waals surface area contributed by atoms with Crippen LogP contribution in [0.1, 0.15) is 103 Å². The average molecular weight is 437 g/mol. The van der Waals surface area contributed by atoms with Gasteiger partial charge < -0.3 is 4.90 Å². The van der Waals surface area contributed by atoms with Crippen molar-refractivity contribution in [3.8, 4) is 0 Å². The predicted octanol–water partition coefficient (Wildman–Crippen LogP) is 4.98. The normalized spacial score (nSPS) is 18.3. The van der Waals surface area contributed by atoms with Gasteiger partial charge in [-0.25, -0.2) is 13.1 Å². The number of rotatable bonds is 7. The fourth-order valence-electron chi connectivity index (χ4n) is 4.07. The van der Waals surface area contributed by atoms with Crippen LogP contribution in [-0.2, 0) is 14.8 Å². The van der Waals surface area contributed by atoms with Crippen LogP contribution < -0.4 is 4.72 Å². The second-order valence-corrected chi connectivity index (χ2v) is 12.3. The summed E-state index contributed by atoms with van der Waals surface area (Å²) in [5.74, 6) is 0.609. The van der Waals surface area contributed by atoms with E-state index in [9.17, 15) is 13.2 Å². The van der Waals surface area contributed by atoms with Gasteiger partial charge in [0.1, 0.15) is 0 Å². The number of likely N-dealkylation sites (tertiary alicyclic amines) is 1. The van der Waals surface area contributed by atoms with Crippen LogP contribution in [0, 0.1) is 5.92 Å². The number of benzene rings is 1. The molecule has 0 bridgehead atoms. The Labute approximate surface area is 183 Å². The van der Waals surface area contributed by atoms with E-state index in [1.807, 2.05) is 53.4 Å². The van der Waals surface area contributed by atoms with E-state index in [-0.39, 0.29) is 35.7 Å². The molecule has 30 heavy (non-hydrogen) atoms. The lowest BCUT2D eigenvalue weighted by molar-refractivity contribution is -0.131. The number of hydrogen-bond donors (Lipinski definition) is 1. The number of nitrogens with one attached hydrogen (secondary N) is 1. The highest BCUT2D eigenvalue weighted by atomic mass is 32.2. The van der Waals surface area contributed by atoms with Crippen LogP contribution in [0.4, 0.5) is 0 Å². The maximum absolute atomic E-state index is 13.5. The highest BCUT2D eigenvalue weighted by Crippen LogP contribution is 2.35. The number of nitrogens with zero attached hydrogens (tertiary/aromatic N) is 1. The van der Waals surface area contributed by atoms with Gasteiger partial charge in [0, 0.05) is 25.0 Å². The van der Waals surface area contributed by atoms with Crippen LogP contribution in [0.2, 0.25) is 0 Å². The Bertz CT molecular complexity index is 851.